The van der Waals surface area contributed by atoms with Crippen molar-refractivity contribution < 1.29 is 9.84 Å². The topological polar surface area (TPSA) is 34.4 Å². The molecule has 0 aliphatic rings. The number of aliphatic hydroxyl groups is 1. The lowest BCUT2D eigenvalue weighted by atomic mass is 10.0. The van der Waals surface area contributed by atoms with Crippen LogP contribution in [0.1, 0.15) is 12.5 Å². The Morgan fingerprint density at radius 3 is 2.72 bits per heavy atom. The average molecular weight is 400 g/mol. The van der Waals surface area contributed by atoms with Crippen molar-refractivity contribution in [3.05, 3.63) is 59.1 Å². The first-order chi connectivity index (χ1) is 12.1. The Bertz CT molecular complexity index is 914. The molecule has 3 nitrogen and oxygen atoms in total. The molecule has 0 bridgehead atoms. The quantitative estimate of drug-likeness (QED) is 0.605. The standard InChI is InChI=1S/C21H22BrNO2/c1-4-16-17-10-9-15(22)11-19(17)23(12-14(2)13-24)21(16)18-7-5-6-8-20(18)25-3/h4-11,14,24H,1,12-13H2,2-3H3. The summed E-state index contributed by atoms with van der Waals surface area (Å²) in [6, 6.07) is 14.3. The Kier molecular flexibility index (Phi) is 5.30. The average Bonchev–Trinajstić information content (AvgIpc) is 2.93. The number of rotatable bonds is 6. The summed E-state index contributed by atoms with van der Waals surface area (Å²) in [5.74, 6) is 0.964. The zero-order valence-corrected chi connectivity index (χ0v) is 16.1. The van der Waals surface area contributed by atoms with Gasteiger partial charge in [-0.25, -0.2) is 0 Å². The van der Waals surface area contributed by atoms with E-state index in [0.29, 0.717) is 6.54 Å². The minimum Gasteiger partial charge on any atom is -0.496 e. The SMILES string of the molecule is C=Cc1c(-c2ccccc2OC)n(CC(C)CO)c2cc(Br)ccc12. The van der Waals surface area contributed by atoms with E-state index in [-0.39, 0.29) is 12.5 Å². The molecule has 0 fully saturated rings. The molecule has 2 aromatic carbocycles. The van der Waals surface area contributed by atoms with Crippen LogP contribution in [0.3, 0.4) is 0 Å². The van der Waals surface area contributed by atoms with E-state index in [9.17, 15) is 5.11 Å². The molecule has 1 unspecified atom stereocenters. The van der Waals surface area contributed by atoms with Gasteiger partial charge in [0, 0.05) is 34.1 Å². The largest absolute Gasteiger partial charge is 0.496 e. The number of hydrogen-bond acceptors (Lipinski definition) is 2. The summed E-state index contributed by atoms with van der Waals surface area (Å²) in [5, 5.41) is 10.7. The Balaban J connectivity index is 2.39. The van der Waals surface area contributed by atoms with Gasteiger partial charge in [-0.15, -0.1) is 0 Å². The lowest BCUT2D eigenvalue weighted by Gasteiger charge is -2.17. The fraction of sp³-hybridized carbons (Fsp3) is 0.238. The molecule has 3 rings (SSSR count). The van der Waals surface area contributed by atoms with Crippen molar-refractivity contribution in [1.82, 2.24) is 4.57 Å². The molecule has 0 aliphatic heterocycles. The van der Waals surface area contributed by atoms with Crippen LogP contribution >= 0.6 is 15.9 Å². The molecule has 0 saturated carbocycles. The van der Waals surface area contributed by atoms with Crippen molar-refractivity contribution in [2.24, 2.45) is 5.92 Å². The lowest BCUT2D eigenvalue weighted by Crippen LogP contribution is -2.12. The van der Waals surface area contributed by atoms with Gasteiger partial charge >= 0.3 is 0 Å². The second-order valence-corrected chi connectivity index (χ2v) is 7.14. The van der Waals surface area contributed by atoms with Crippen molar-refractivity contribution in [2.75, 3.05) is 13.7 Å². The van der Waals surface area contributed by atoms with Crippen LogP contribution in [0.5, 0.6) is 5.75 Å². The summed E-state index contributed by atoms with van der Waals surface area (Å²) in [6.45, 7) is 6.94. The van der Waals surface area contributed by atoms with Crippen LogP contribution in [0.15, 0.2) is 53.5 Å². The molecule has 0 amide bonds. The maximum Gasteiger partial charge on any atom is 0.128 e. The van der Waals surface area contributed by atoms with Crippen LogP contribution in [0.2, 0.25) is 0 Å². The maximum absolute atomic E-state index is 9.58. The number of nitrogens with zero attached hydrogens (tertiary/aromatic N) is 1. The zero-order chi connectivity index (χ0) is 18.0. The van der Waals surface area contributed by atoms with Gasteiger partial charge in [0.15, 0.2) is 0 Å². The smallest absolute Gasteiger partial charge is 0.128 e. The van der Waals surface area contributed by atoms with Crippen molar-refractivity contribution in [3.63, 3.8) is 0 Å². The van der Waals surface area contributed by atoms with Crippen LogP contribution in [-0.2, 0) is 6.54 Å². The van der Waals surface area contributed by atoms with Crippen molar-refractivity contribution in [2.45, 2.75) is 13.5 Å². The molecule has 1 N–H and O–H groups in total. The fourth-order valence-electron chi connectivity index (χ4n) is 3.25. The molecule has 25 heavy (non-hydrogen) atoms. The highest BCUT2D eigenvalue weighted by molar-refractivity contribution is 9.10. The highest BCUT2D eigenvalue weighted by Gasteiger charge is 2.20. The number of methoxy groups -OCH3 is 1. The van der Waals surface area contributed by atoms with Gasteiger partial charge < -0.3 is 14.4 Å². The number of benzene rings is 2. The number of aliphatic hydroxyl groups excluding tert-OH is 1. The normalized spacial score (nSPS) is 12.3. The highest BCUT2D eigenvalue weighted by Crippen LogP contribution is 2.40. The van der Waals surface area contributed by atoms with Crippen LogP contribution in [0.25, 0.3) is 28.2 Å². The van der Waals surface area contributed by atoms with Crippen LogP contribution in [-0.4, -0.2) is 23.4 Å². The predicted octanol–water partition coefficient (Wildman–Crippen LogP) is 5.35. The Morgan fingerprint density at radius 2 is 2.04 bits per heavy atom. The molecule has 0 aliphatic carbocycles. The van der Waals surface area contributed by atoms with Gasteiger partial charge in [-0.3, -0.25) is 0 Å². The number of para-hydroxylation sites is 1. The second kappa shape index (κ2) is 7.46. The second-order valence-electron chi connectivity index (χ2n) is 6.23. The van der Waals surface area contributed by atoms with Crippen molar-refractivity contribution in [3.8, 4) is 17.0 Å². The van der Waals surface area contributed by atoms with Crippen LogP contribution < -0.4 is 4.74 Å². The van der Waals surface area contributed by atoms with Gasteiger partial charge in [0.25, 0.3) is 0 Å². The Hall–Kier alpha value is -2.04. The molecule has 0 saturated heterocycles. The monoisotopic (exact) mass is 399 g/mol. The minimum atomic E-state index is 0.140. The third kappa shape index (κ3) is 3.24. The third-order valence-electron chi connectivity index (χ3n) is 4.44. The summed E-state index contributed by atoms with van der Waals surface area (Å²) in [4.78, 5) is 0. The molecular formula is C21H22BrNO2. The van der Waals surface area contributed by atoms with E-state index in [1.165, 1.54) is 0 Å². The number of hydrogen-bond donors (Lipinski definition) is 1. The minimum absolute atomic E-state index is 0.140. The molecule has 1 heterocycles. The Labute approximate surface area is 156 Å². The maximum atomic E-state index is 9.58. The van der Waals surface area contributed by atoms with E-state index in [0.717, 1.165) is 37.9 Å². The molecular weight excluding hydrogens is 378 g/mol. The number of fused-ring (bicyclic) bond motifs is 1. The van der Waals surface area contributed by atoms with E-state index in [1.807, 2.05) is 37.3 Å². The molecule has 3 aromatic rings. The summed E-state index contributed by atoms with van der Waals surface area (Å²) in [7, 11) is 1.69. The van der Waals surface area contributed by atoms with Gasteiger partial charge in [0.05, 0.1) is 18.3 Å². The predicted molar refractivity (Wildman–Crippen MR) is 108 cm³/mol. The molecule has 1 aromatic heterocycles. The summed E-state index contributed by atoms with van der Waals surface area (Å²) >= 11 is 3.58. The summed E-state index contributed by atoms with van der Waals surface area (Å²) in [5.41, 5.74) is 4.29. The highest BCUT2D eigenvalue weighted by atomic mass is 79.9. The van der Waals surface area contributed by atoms with E-state index in [2.05, 4.69) is 45.3 Å². The first kappa shape index (κ1) is 17.8. The number of aromatic nitrogens is 1. The number of halogens is 1. The number of ether oxygens (including phenoxy) is 1. The third-order valence-corrected chi connectivity index (χ3v) is 4.93. The van der Waals surface area contributed by atoms with E-state index in [4.69, 9.17) is 4.74 Å². The van der Waals surface area contributed by atoms with E-state index < -0.39 is 0 Å². The first-order valence-corrected chi connectivity index (χ1v) is 9.08. The van der Waals surface area contributed by atoms with E-state index in [1.54, 1.807) is 7.11 Å². The van der Waals surface area contributed by atoms with Crippen molar-refractivity contribution >= 4 is 32.9 Å². The summed E-state index contributed by atoms with van der Waals surface area (Å²) in [6.07, 6.45) is 1.90. The molecule has 130 valence electrons. The lowest BCUT2D eigenvalue weighted by molar-refractivity contribution is 0.224. The molecule has 0 radical (unpaired) electrons. The zero-order valence-electron chi connectivity index (χ0n) is 14.5. The Morgan fingerprint density at radius 1 is 1.28 bits per heavy atom. The van der Waals surface area contributed by atoms with Gasteiger partial charge in [-0.2, -0.15) is 0 Å². The van der Waals surface area contributed by atoms with Gasteiger partial charge in [0.1, 0.15) is 5.75 Å². The van der Waals surface area contributed by atoms with Crippen LogP contribution in [0.4, 0.5) is 0 Å². The van der Waals surface area contributed by atoms with Crippen LogP contribution in [0, 0.1) is 5.92 Å². The van der Waals surface area contributed by atoms with Gasteiger partial charge in [0.2, 0.25) is 0 Å². The van der Waals surface area contributed by atoms with Gasteiger partial charge in [-0.05, 0) is 30.2 Å². The summed E-state index contributed by atoms with van der Waals surface area (Å²) < 4.78 is 8.88. The van der Waals surface area contributed by atoms with E-state index >= 15 is 0 Å². The molecule has 1 atom stereocenters. The fourth-order valence-corrected chi connectivity index (χ4v) is 3.59. The van der Waals surface area contributed by atoms with Gasteiger partial charge in [-0.1, -0.05) is 53.7 Å². The first-order valence-electron chi connectivity index (χ1n) is 8.29. The molecule has 0 spiro atoms. The van der Waals surface area contributed by atoms with Crippen molar-refractivity contribution in [1.29, 1.82) is 0 Å². The molecule has 4 heteroatoms.